The molecule has 0 amide bonds. The molecule has 0 radical (unpaired) electrons. The number of hydrogen-bond acceptors (Lipinski definition) is 3. The highest BCUT2D eigenvalue weighted by Gasteiger charge is 2.38. The first-order valence-corrected chi connectivity index (χ1v) is 5.07. The third kappa shape index (κ3) is 1.18. The van der Waals surface area contributed by atoms with E-state index in [-0.39, 0.29) is 0 Å². The van der Waals surface area contributed by atoms with Gasteiger partial charge in [0.2, 0.25) is 0 Å². The molecular weight excluding hydrogens is 164 g/mol. The normalized spacial score (nSPS) is 32.9. The van der Waals surface area contributed by atoms with Crippen LogP contribution in [0, 0.1) is 0 Å². The van der Waals surface area contributed by atoms with Crippen LogP contribution < -0.4 is 0 Å². The molecule has 1 aromatic heterocycles. The molecule has 3 nitrogen and oxygen atoms in total. The van der Waals surface area contributed by atoms with Gasteiger partial charge < -0.3 is 4.52 Å². The summed E-state index contributed by atoms with van der Waals surface area (Å²) in [4.78, 5) is 2.62. The molecule has 2 aliphatic heterocycles. The molecule has 2 bridgehead atoms. The molecule has 0 spiro atoms. The Kier molecular flexibility index (Phi) is 1.65. The average Bonchev–Trinajstić information content (AvgIpc) is 2.85. The first kappa shape index (κ1) is 7.56. The lowest BCUT2D eigenvalue weighted by molar-refractivity contribution is 0.243. The largest absolute Gasteiger partial charge is 0.364 e. The zero-order chi connectivity index (χ0) is 8.67. The van der Waals surface area contributed by atoms with E-state index in [1.165, 1.54) is 31.2 Å². The van der Waals surface area contributed by atoms with Gasteiger partial charge >= 0.3 is 0 Å². The van der Waals surface area contributed by atoms with Gasteiger partial charge in [0, 0.05) is 24.2 Å². The number of fused-ring (bicyclic) bond motifs is 2. The van der Waals surface area contributed by atoms with E-state index in [0.717, 1.165) is 18.6 Å². The van der Waals surface area contributed by atoms with Crippen LogP contribution in [0.4, 0.5) is 0 Å². The topological polar surface area (TPSA) is 29.3 Å². The number of hydrogen-bond donors (Lipinski definition) is 0. The van der Waals surface area contributed by atoms with Crippen LogP contribution in [0.25, 0.3) is 0 Å². The molecule has 3 heterocycles. The molecule has 0 saturated carbocycles. The highest BCUT2D eigenvalue weighted by atomic mass is 16.5. The summed E-state index contributed by atoms with van der Waals surface area (Å²) >= 11 is 0. The minimum absolute atomic E-state index is 0.847. The van der Waals surface area contributed by atoms with E-state index in [0.29, 0.717) is 0 Å². The zero-order valence-corrected chi connectivity index (χ0v) is 7.65. The minimum Gasteiger partial charge on any atom is -0.364 e. The van der Waals surface area contributed by atoms with Crippen molar-refractivity contribution in [3.8, 4) is 0 Å². The fourth-order valence-corrected chi connectivity index (χ4v) is 2.79. The Bertz CT molecular complexity index is 263. The average molecular weight is 178 g/mol. The van der Waals surface area contributed by atoms with Crippen molar-refractivity contribution in [1.82, 2.24) is 10.1 Å². The second-order valence-corrected chi connectivity index (χ2v) is 4.17. The van der Waals surface area contributed by atoms with Gasteiger partial charge in [0.05, 0.1) is 6.20 Å². The number of rotatable bonds is 2. The van der Waals surface area contributed by atoms with Crippen LogP contribution >= 0.6 is 0 Å². The lowest BCUT2D eigenvalue weighted by atomic mass is 10.0. The molecule has 0 atom stereocenters. The minimum atomic E-state index is 0.847. The van der Waals surface area contributed by atoms with Gasteiger partial charge in [-0.1, -0.05) is 5.16 Å². The highest BCUT2D eigenvalue weighted by molar-refractivity contribution is 5.04. The van der Waals surface area contributed by atoms with E-state index in [4.69, 9.17) is 4.52 Å². The maximum Gasteiger partial charge on any atom is 0.128 e. The molecule has 1 aromatic rings. The van der Waals surface area contributed by atoms with Gasteiger partial charge in [-0.05, 0) is 25.7 Å². The van der Waals surface area contributed by atoms with Gasteiger partial charge in [-0.2, -0.15) is 0 Å². The highest BCUT2D eigenvalue weighted by Crippen LogP contribution is 2.38. The summed E-state index contributed by atoms with van der Waals surface area (Å²) in [6.45, 7) is 1.04. The van der Waals surface area contributed by atoms with E-state index in [1.807, 2.05) is 6.20 Å². The van der Waals surface area contributed by atoms with Gasteiger partial charge in [-0.25, -0.2) is 0 Å². The van der Waals surface area contributed by atoms with E-state index in [9.17, 15) is 0 Å². The fourth-order valence-electron chi connectivity index (χ4n) is 2.79. The molecule has 3 heteroatoms. The molecule has 0 N–H and O–H groups in total. The lowest BCUT2D eigenvalue weighted by Crippen LogP contribution is -2.27. The van der Waals surface area contributed by atoms with E-state index in [1.54, 1.807) is 6.26 Å². The summed E-state index contributed by atoms with van der Waals surface area (Å²) in [5.41, 5.74) is 1.22. The van der Waals surface area contributed by atoms with Crippen molar-refractivity contribution < 1.29 is 4.52 Å². The standard InChI is InChI=1S/C10H14N2O/c1-2-10-4-3-9(1)12(10)6-8-5-11-13-7-8/h5,7,9-10H,1-4,6H2. The molecule has 2 aliphatic rings. The molecule has 13 heavy (non-hydrogen) atoms. The van der Waals surface area contributed by atoms with Gasteiger partial charge in [0.1, 0.15) is 6.26 Å². The molecule has 0 aliphatic carbocycles. The van der Waals surface area contributed by atoms with Crippen molar-refractivity contribution in [2.45, 2.75) is 44.3 Å². The Labute approximate surface area is 77.7 Å². The first-order chi connectivity index (χ1) is 6.43. The third-order valence-corrected chi connectivity index (χ3v) is 3.45. The summed E-state index contributed by atoms with van der Waals surface area (Å²) in [5, 5.41) is 3.73. The SMILES string of the molecule is c1nocc1CN1C2CCC1CC2. The Balaban J connectivity index is 1.73. The van der Waals surface area contributed by atoms with Crippen LogP contribution in [0.2, 0.25) is 0 Å². The predicted octanol–water partition coefficient (Wildman–Crippen LogP) is 1.80. The third-order valence-electron chi connectivity index (χ3n) is 3.45. The molecule has 0 unspecified atom stereocenters. The summed E-state index contributed by atoms with van der Waals surface area (Å²) in [6, 6.07) is 1.69. The van der Waals surface area contributed by atoms with Crippen molar-refractivity contribution in [3.05, 3.63) is 18.0 Å². The molecule has 2 saturated heterocycles. The van der Waals surface area contributed by atoms with E-state index >= 15 is 0 Å². The second-order valence-electron chi connectivity index (χ2n) is 4.17. The lowest BCUT2D eigenvalue weighted by Gasteiger charge is -2.19. The van der Waals surface area contributed by atoms with Crippen molar-refractivity contribution in [2.24, 2.45) is 0 Å². The summed E-state index contributed by atoms with van der Waals surface area (Å²) in [7, 11) is 0. The number of aromatic nitrogens is 1. The van der Waals surface area contributed by atoms with E-state index < -0.39 is 0 Å². The maximum atomic E-state index is 4.84. The quantitative estimate of drug-likeness (QED) is 0.691. The van der Waals surface area contributed by atoms with Gasteiger partial charge in [0.25, 0.3) is 0 Å². The van der Waals surface area contributed by atoms with Gasteiger partial charge in [0.15, 0.2) is 0 Å². The monoisotopic (exact) mass is 178 g/mol. The Hall–Kier alpha value is -0.830. The Morgan fingerprint density at radius 2 is 2.00 bits per heavy atom. The fraction of sp³-hybridized carbons (Fsp3) is 0.700. The van der Waals surface area contributed by atoms with Crippen LogP contribution in [-0.2, 0) is 6.54 Å². The van der Waals surface area contributed by atoms with Crippen molar-refractivity contribution in [3.63, 3.8) is 0 Å². The second kappa shape index (κ2) is 2.84. The van der Waals surface area contributed by atoms with Crippen LogP contribution in [0.5, 0.6) is 0 Å². The summed E-state index contributed by atoms with van der Waals surface area (Å²) in [6.07, 6.45) is 9.19. The maximum absolute atomic E-state index is 4.84. The first-order valence-electron chi connectivity index (χ1n) is 5.07. The van der Waals surface area contributed by atoms with Crippen molar-refractivity contribution in [2.75, 3.05) is 0 Å². The van der Waals surface area contributed by atoms with E-state index in [2.05, 4.69) is 10.1 Å². The Morgan fingerprint density at radius 1 is 1.31 bits per heavy atom. The van der Waals surface area contributed by atoms with Crippen molar-refractivity contribution >= 4 is 0 Å². The van der Waals surface area contributed by atoms with Gasteiger partial charge in [-0.3, -0.25) is 4.90 Å². The summed E-state index contributed by atoms with van der Waals surface area (Å²) in [5.74, 6) is 0. The zero-order valence-electron chi connectivity index (χ0n) is 7.65. The van der Waals surface area contributed by atoms with Gasteiger partial charge in [-0.15, -0.1) is 0 Å². The van der Waals surface area contributed by atoms with Crippen LogP contribution in [0.15, 0.2) is 17.0 Å². The smallest absolute Gasteiger partial charge is 0.128 e. The molecule has 2 fully saturated rings. The van der Waals surface area contributed by atoms with Crippen LogP contribution in [0.1, 0.15) is 31.2 Å². The van der Waals surface area contributed by atoms with Crippen LogP contribution in [0.3, 0.4) is 0 Å². The molecule has 0 aromatic carbocycles. The Morgan fingerprint density at radius 3 is 2.54 bits per heavy atom. The summed E-state index contributed by atoms with van der Waals surface area (Å²) < 4.78 is 4.84. The van der Waals surface area contributed by atoms with Crippen molar-refractivity contribution in [1.29, 1.82) is 0 Å². The molecule has 70 valence electrons. The van der Waals surface area contributed by atoms with Crippen LogP contribution in [-0.4, -0.2) is 22.1 Å². The number of nitrogens with zero attached hydrogens (tertiary/aromatic N) is 2. The predicted molar refractivity (Wildman–Crippen MR) is 48.1 cm³/mol. The molecular formula is C10H14N2O. The molecule has 3 rings (SSSR count).